The van der Waals surface area contributed by atoms with E-state index in [1.165, 1.54) is 33.5 Å². The predicted octanol–water partition coefficient (Wildman–Crippen LogP) is 0.478. The van der Waals surface area contributed by atoms with Crippen molar-refractivity contribution in [2.45, 2.75) is 20.7 Å². The van der Waals surface area contributed by atoms with Crippen molar-refractivity contribution < 1.29 is 48.0 Å². The molecule has 33 heavy (non-hydrogen) atoms. The fourth-order valence-corrected chi connectivity index (χ4v) is 10.6. The van der Waals surface area contributed by atoms with Gasteiger partial charge in [-0.15, -0.1) is 0 Å². The quantitative estimate of drug-likeness (QED) is 0.350. The Hall–Kier alpha value is -2.06. The normalized spacial score (nSPS) is 19.7. The van der Waals surface area contributed by atoms with Crippen molar-refractivity contribution in [2.75, 3.05) is 0 Å². The number of hydrogen-bond donors (Lipinski definition) is 0. The minimum absolute atomic E-state index is 0. The van der Waals surface area contributed by atoms with E-state index in [9.17, 15) is 0 Å². The van der Waals surface area contributed by atoms with Crippen molar-refractivity contribution in [3.05, 3.63) is 125 Å². The second-order valence-corrected chi connectivity index (χ2v) is 12.5. The molecule has 0 amide bonds. The minimum atomic E-state index is -1.14. The van der Waals surface area contributed by atoms with Gasteiger partial charge in [0.2, 0.25) is 0 Å². The molecule has 0 spiro atoms. The predicted molar refractivity (Wildman–Crippen MR) is 124 cm³/mol. The molecule has 0 bridgehead atoms. The van der Waals surface area contributed by atoms with Gasteiger partial charge in [-0.3, -0.25) is 0 Å². The van der Waals surface area contributed by atoms with E-state index in [1.807, 2.05) is 0 Å². The molecule has 2 aliphatic rings. The average Bonchev–Trinajstić information content (AvgIpc) is 3.58. The van der Waals surface area contributed by atoms with Crippen LogP contribution in [0.25, 0.3) is 17.8 Å². The monoisotopic (exact) mass is 548 g/mol. The summed E-state index contributed by atoms with van der Waals surface area (Å²) < 4.78 is 5.26. The molecule has 0 aliphatic heterocycles. The van der Waals surface area contributed by atoms with Crippen LogP contribution < -0.4 is 24.8 Å². The molecule has 2 aromatic carbocycles. The molecule has 0 fully saturated rings. The van der Waals surface area contributed by atoms with Crippen molar-refractivity contribution in [3.8, 4) is 0 Å². The molecule has 6 rings (SSSR count). The van der Waals surface area contributed by atoms with E-state index in [0.29, 0.717) is 3.63 Å². The molecule has 0 saturated heterocycles. The number of nitrogens with zero attached hydrogens (tertiary/aromatic N) is 2. The summed E-state index contributed by atoms with van der Waals surface area (Å²) in [6.07, 6.45) is 16.2. The molecule has 164 valence electrons. The minimum Gasteiger partial charge on any atom is -1.00 e. The van der Waals surface area contributed by atoms with Crippen LogP contribution in [-0.4, -0.2) is 9.13 Å². The molecule has 2 aliphatic carbocycles. The first-order chi connectivity index (χ1) is 15.2. The van der Waals surface area contributed by atoms with Gasteiger partial charge in [-0.1, -0.05) is 0 Å². The molecule has 2 nitrogen and oxygen atoms in total. The van der Waals surface area contributed by atoms with Crippen molar-refractivity contribution in [1.82, 2.24) is 9.13 Å². The molecule has 0 saturated carbocycles. The van der Waals surface area contributed by atoms with Crippen LogP contribution >= 0.6 is 0 Å². The Morgan fingerprint density at radius 3 is 2.21 bits per heavy atom. The molecular weight excluding hydrogens is 526 g/mol. The molecule has 4 aromatic rings. The van der Waals surface area contributed by atoms with Gasteiger partial charge in [0.25, 0.3) is 0 Å². The van der Waals surface area contributed by atoms with Gasteiger partial charge in [-0.25, -0.2) is 0 Å². The van der Waals surface area contributed by atoms with Crippen LogP contribution in [0.15, 0.2) is 91.5 Å². The van der Waals surface area contributed by atoms with Gasteiger partial charge in [-0.05, 0) is 0 Å². The van der Waals surface area contributed by atoms with Gasteiger partial charge in [0.1, 0.15) is 0 Å². The number of aromatic nitrogens is 2. The summed E-state index contributed by atoms with van der Waals surface area (Å²) in [5.74, 6) is 0. The number of allylic oxidation sites excluding steroid dienone is 2. The zero-order valence-electron chi connectivity index (χ0n) is 18.5. The molecule has 5 heteroatoms. The summed E-state index contributed by atoms with van der Waals surface area (Å²) in [5.41, 5.74) is 10.1. The summed E-state index contributed by atoms with van der Waals surface area (Å²) in [6, 6.07) is 22.1. The van der Waals surface area contributed by atoms with Crippen LogP contribution in [-0.2, 0) is 26.5 Å². The maximum Gasteiger partial charge on any atom is -1.00 e. The molecular formula is C28H24Cl2N2Zr. The summed E-state index contributed by atoms with van der Waals surface area (Å²) >= 11 is -1.14. The van der Waals surface area contributed by atoms with E-state index >= 15 is 0 Å². The maximum absolute atomic E-state index is 2.49. The molecule has 0 radical (unpaired) electrons. The Bertz CT molecular complexity index is 1340. The first-order valence-corrected chi connectivity index (χ1v) is 13.5. The smallest absolute Gasteiger partial charge is 1.00 e. The van der Waals surface area contributed by atoms with Crippen molar-refractivity contribution in [2.24, 2.45) is 0 Å². The second-order valence-electron chi connectivity index (χ2n) is 8.54. The Balaban J connectivity index is 0.00000130. The van der Waals surface area contributed by atoms with E-state index in [0.717, 1.165) is 0 Å². The Morgan fingerprint density at radius 2 is 1.45 bits per heavy atom. The van der Waals surface area contributed by atoms with Crippen molar-refractivity contribution in [1.29, 1.82) is 0 Å². The van der Waals surface area contributed by atoms with Crippen molar-refractivity contribution in [3.63, 3.8) is 0 Å². The third-order valence-corrected chi connectivity index (χ3v) is 11.7. The standard InChI is InChI=1S/C15H14N.C13H10N.2ClH.Zr/c1-11-5-6-12(2)15-10-13(9-14(11)15)16-7-3-4-8-16;1-2-6-12-11(5-1)7-8-13(12)14-9-3-4-10-14;;;/h3-10H,1-2H3;1-10H;2*1H;/q;;;;+2/p-2. The zero-order chi connectivity index (χ0) is 21.0. The third kappa shape index (κ3) is 3.75. The SMILES string of the molecule is Cc1ccc(C)c2c1C=C(n1cccc1)[CH]2[Zr+2][C]1(n2cccc2)C=Cc2ccccc21.[Cl-].[Cl-]. The van der Waals surface area contributed by atoms with E-state index in [2.05, 4.69) is 127 Å². The third-order valence-electron chi connectivity index (χ3n) is 6.75. The summed E-state index contributed by atoms with van der Waals surface area (Å²) in [6.45, 7) is 4.54. The van der Waals surface area contributed by atoms with Crippen LogP contribution in [0.3, 0.4) is 0 Å². The van der Waals surface area contributed by atoms with Crippen LogP contribution in [0, 0.1) is 13.8 Å². The number of aryl methyl sites for hydroxylation is 2. The topological polar surface area (TPSA) is 9.86 Å². The number of rotatable bonds is 4. The molecule has 2 heterocycles. The van der Waals surface area contributed by atoms with Gasteiger partial charge in [-0.2, -0.15) is 0 Å². The van der Waals surface area contributed by atoms with Crippen LogP contribution in [0.5, 0.6) is 0 Å². The molecule has 2 unspecified atom stereocenters. The largest absolute Gasteiger partial charge is 1.00 e. The molecule has 2 atom stereocenters. The van der Waals surface area contributed by atoms with Crippen LogP contribution in [0.1, 0.15) is 37.0 Å². The summed E-state index contributed by atoms with van der Waals surface area (Å²) in [5, 5.41) is 0. The first kappa shape index (κ1) is 24.1. The summed E-state index contributed by atoms with van der Waals surface area (Å²) in [4.78, 5) is 0. The second kappa shape index (κ2) is 9.30. The zero-order valence-corrected chi connectivity index (χ0v) is 22.5. The fourth-order valence-electron chi connectivity index (χ4n) is 5.19. The maximum atomic E-state index is 2.49. The van der Waals surface area contributed by atoms with Gasteiger partial charge < -0.3 is 24.8 Å². The number of halogens is 2. The number of hydrogen-bond acceptors (Lipinski definition) is 0. The Morgan fingerprint density at radius 1 is 0.788 bits per heavy atom. The number of benzene rings is 2. The van der Waals surface area contributed by atoms with Crippen LogP contribution in [0.2, 0.25) is 0 Å². The van der Waals surface area contributed by atoms with Gasteiger partial charge in [0, 0.05) is 0 Å². The van der Waals surface area contributed by atoms with E-state index in [-0.39, 0.29) is 28.1 Å². The van der Waals surface area contributed by atoms with Gasteiger partial charge in [0.05, 0.1) is 0 Å². The van der Waals surface area contributed by atoms with Crippen molar-refractivity contribution >= 4 is 17.8 Å². The summed E-state index contributed by atoms with van der Waals surface area (Å²) in [7, 11) is 0. The Labute approximate surface area is 219 Å². The van der Waals surface area contributed by atoms with Gasteiger partial charge >= 0.3 is 196 Å². The molecule has 2 aromatic heterocycles. The van der Waals surface area contributed by atoms with E-state index in [1.54, 1.807) is 5.56 Å². The van der Waals surface area contributed by atoms with E-state index < -0.39 is 23.2 Å². The van der Waals surface area contributed by atoms with E-state index in [4.69, 9.17) is 0 Å². The number of fused-ring (bicyclic) bond motifs is 2. The first-order valence-electron chi connectivity index (χ1n) is 10.8. The Kier molecular flexibility index (Phi) is 6.78. The fraction of sp³-hybridized carbons (Fsp3) is 0.143. The van der Waals surface area contributed by atoms with Gasteiger partial charge in [0.15, 0.2) is 0 Å². The van der Waals surface area contributed by atoms with Crippen LogP contribution in [0.4, 0.5) is 0 Å². The molecule has 0 N–H and O–H groups in total. The average molecular weight is 551 g/mol.